The van der Waals surface area contributed by atoms with Crippen LogP contribution in [0, 0.1) is 12.3 Å². The Morgan fingerprint density at radius 1 is 1.09 bits per heavy atom. The molecule has 10 heteroatoms. The average molecular weight is 499 g/mol. The maximum Gasteiger partial charge on any atom is 0.389 e. The Hall–Kier alpha value is -2.59. The van der Waals surface area contributed by atoms with Gasteiger partial charge in [-0.25, -0.2) is 8.42 Å². The highest BCUT2D eigenvalue weighted by Gasteiger charge is 2.30. The van der Waals surface area contributed by atoms with Crippen molar-refractivity contribution in [3.63, 3.8) is 0 Å². The molecule has 0 saturated heterocycles. The number of rotatable bonds is 9. The molecular formula is C23H25F3N2O3S2. The van der Waals surface area contributed by atoms with Gasteiger partial charge in [0, 0.05) is 23.2 Å². The van der Waals surface area contributed by atoms with Crippen LogP contribution in [-0.4, -0.2) is 33.6 Å². The summed E-state index contributed by atoms with van der Waals surface area (Å²) in [5.41, 5.74) is 1.20. The van der Waals surface area contributed by atoms with E-state index in [0.717, 1.165) is 15.6 Å². The van der Waals surface area contributed by atoms with E-state index < -0.39 is 22.6 Å². The predicted molar refractivity (Wildman–Crippen MR) is 126 cm³/mol. The average Bonchev–Trinajstić information content (AvgIpc) is 3.09. The van der Waals surface area contributed by atoms with Gasteiger partial charge in [0.1, 0.15) is 5.00 Å². The molecule has 5 nitrogen and oxygen atoms in total. The smallest absolute Gasteiger partial charge is 0.389 e. The third-order valence-corrected chi connectivity index (χ3v) is 8.33. The standard InChI is InChI=1S/C23H25F3N2O3S2/c1-3-31-21(27)17-10-12-18(13-11-17)33(29,30)28(15-7-6-14-23(24,25)26)22-16(2)19-8-4-5-9-20(19)32-22/h4-5,8-13,27H,3,6-7,14-15H2,1-2H3. The van der Waals surface area contributed by atoms with Gasteiger partial charge in [-0.3, -0.25) is 9.71 Å². The van der Waals surface area contributed by atoms with Gasteiger partial charge in [0.05, 0.1) is 11.5 Å². The second kappa shape index (κ2) is 10.1. The largest absolute Gasteiger partial charge is 0.478 e. The highest BCUT2D eigenvalue weighted by atomic mass is 32.2. The summed E-state index contributed by atoms with van der Waals surface area (Å²) in [5, 5.41) is 9.26. The molecule has 178 valence electrons. The van der Waals surface area contributed by atoms with Gasteiger partial charge >= 0.3 is 6.18 Å². The SMILES string of the molecule is CCOC(=N)c1ccc(S(=O)(=O)N(CCCCC(F)(F)F)c2sc3ccccc3c2C)cc1. The third kappa shape index (κ3) is 5.86. The molecule has 1 N–H and O–H groups in total. The van der Waals surface area contributed by atoms with E-state index in [1.165, 1.54) is 39.9 Å². The van der Waals surface area contributed by atoms with Gasteiger partial charge in [0.25, 0.3) is 10.0 Å². The second-order valence-corrected chi connectivity index (χ2v) is 10.4. The van der Waals surface area contributed by atoms with Crippen LogP contribution in [0.4, 0.5) is 18.2 Å². The number of thiophene rings is 1. The van der Waals surface area contributed by atoms with Crippen molar-refractivity contribution >= 4 is 42.3 Å². The van der Waals surface area contributed by atoms with Crippen LogP contribution < -0.4 is 4.31 Å². The lowest BCUT2D eigenvalue weighted by atomic mass is 10.2. The highest BCUT2D eigenvalue weighted by Crippen LogP contribution is 2.40. The summed E-state index contributed by atoms with van der Waals surface area (Å²) < 4.78 is 72.3. The molecule has 3 aromatic rings. The molecule has 0 aliphatic rings. The number of ether oxygens (including phenoxy) is 1. The van der Waals surface area contributed by atoms with E-state index in [1.54, 1.807) is 6.92 Å². The molecule has 2 aromatic carbocycles. The summed E-state index contributed by atoms with van der Waals surface area (Å²) in [6, 6.07) is 13.3. The summed E-state index contributed by atoms with van der Waals surface area (Å²) in [6.45, 7) is 3.81. The summed E-state index contributed by atoms with van der Waals surface area (Å²) in [5.74, 6) is -0.0641. The first kappa shape index (κ1) is 25.0. The summed E-state index contributed by atoms with van der Waals surface area (Å²) in [7, 11) is -4.04. The van der Waals surface area contributed by atoms with Crippen molar-refractivity contribution in [1.82, 2.24) is 0 Å². The minimum atomic E-state index is -4.28. The van der Waals surface area contributed by atoms with Crippen LogP contribution in [0.2, 0.25) is 0 Å². The number of unbranched alkanes of at least 4 members (excludes halogenated alkanes) is 1. The molecule has 0 atom stereocenters. The van der Waals surface area contributed by atoms with Gasteiger partial charge in [-0.1, -0.05) is 18.2 Å². The number of hydrogen-bond donors (Lipinski definition) is 1. The fourth-order valence-electron chi connectivity index (χ4n) is 3.44. The van der Waals surface area contributed by atoms with E-state index >= 15 is 0 Å². The topological polar surface area (TPSA) is 70.5 Å². The van der Waals surface area contributed by atoms with Gasteiger partial charge in [0.2, 0.25) is 5.90 Å². The molecule has 33 heavy (non-hydrogen) atoms. The van der Waals surface area contributed by atoms with Gasteiger partial charge in [0.15, 0.2) is 0 Å². The van der Waals surface area contributed by atoms with Crippen molar-refractivity contribution < 1.29 is 26.3 Å². The molecular weight excluding hydrogens is 473 g/mol. The molecule has 0 saturated carbocycles. The van der Waals surface area contributed by atoms with Gasteiger partial charge in [-0.15, -0.1) is 11.3 Å². The number of anilines is 1. The molecule has 0 fully saturated rings. The Bertz CT molecular complexity index is 1220. The Morgan fingerprint density at radius 2 is 1.76 bits per heavy atom. The maximum absolute atomic E-state index is 13.6. The summed E-state index contributed by atoms with van der Waals surface area (Å²) in [4.78, 5) is 0.00299. The molecule has 0 aliphatic carbocycles. The molecule has 1 aromatic heterocycles. The molecule has 3 rings (SSSR count). The van der Waals surface area contributed by atoms with Crippen LogP contribution in [0.1, 0.15) is 37.3 Å². The van der Waals surface area contributed by atoms with E-state index in [4.69, 9.17) is 10.1 Å². The Balaban J connectivity index is 1.96. The summed E-state index contributed by atoms with van der Waals surface area (Å²) in [6.07, 6.45) is -5.33. The first-order valence-electron chi connectivity index (χ1n) is 10.4. The number of aryl methyl sites for hydroxylation is 1. The Labute approximate surface area is 195 Å². The maximum atomic E-state index is 13.6. The Morgan fingerprint density at radius 3 is 2.36 bits per heavy atom. The minimum Gasteiger partial charge on any atom is -0.478 e. The zero-order valence-electron chi connectivity index (χ0n) is 18.3. The predicted octanol–water partition coefficient (Wildman–Crippen LogP) is 6.50. The van der Waals surface area contributed by atoms with E-state index in [2.05, 4.69) is 0 Å². The molecule has 0 amide bonds. The number of benzene rings is 2. The number of hydrogen-bond acceptors (Lipinski definition) is 5. The number of fused-ring (bicyclic) bond motifs is 1. The minimum absolute atomic E-state index is 0.00299. The molecule has 0 bridgehead atoms. The van der Waals surface area contributed by atoms with Crippen molar-refractivity contribution in [2.24, 2.45) is 0 Å². The number of sulfonamides is 1. The lowest BCUT2D eigenvalue weighted by Gasteiger charge is -2.24. The van der Waals surface area contributed by atoms with Gasteiger partial charge < -0.3 is 4.74 Å². The lowest BCUT2D eigenvalue weighted by molar-refractivity contribution is -0.135. The monoisotopic (exact) mass is 498 g/mol. The number of halogens is 3. The van der Waals surface area contributed by atoms with Crippen molar-refractivity contribution in [3.05, 3.63) is 59.7 Å². The molecule has 0 unspecified atom stereocenters. The van der Waals surface area contributed by atoms with E-state index in [9.17, 15) is 21.6 Å². The van der Waals surface area contributed by atoms with Crippen LogP contribution in [0.5, 0.6) is 0 Å². The van der Waals surface area contributed by atoms with Gasteiger partial charge in [-0.05, 0) is 68.0 Å². The molecule has 0 aliphatic heterocycles. The van der Waals surface area contributed by atoms with Crippen LogP contribution in [0.3, 0.4) is 0 Å². The zero-order chi connectivity index (χ0) is 24.2. The van der Waals surface area contributed by atoms with Crippen molar-refractivity contribution in [2.75, 3.05) is 17.5 Å². The van der Waals surface area contributed by atoms with Crippen LogP contribution in [0.25, 0.3) is 10.1 Å². The van der Waals surface area contributed by atoms with Crippen LogP contribution in [0.15, 0.2) is 53.4 Å². The van der Waals surface area contributed by atoms with Crippen molar-refractivity contribution in [2.45, 2.75) is 44.2 Å². The molecule has 1 heterocycles. The fraction of sp³-hybridized carbons (Fsp3) is 0.348. The van der Waals surface area contributed by atoms with Crippen molar-refractivity contribution in [1.29, 1.82) is 5.41 Å². The fourth-order valence-corrected chi connectivity index (χ4v) is 6.45. The molecule has 0 spiro atoms. The number of alkyl halides is 3. The van der Waals surface area contributed by atoms with Crippen LogP contribution >= 0.6 is 11.3 Å². The first-order chi connectivity index (χ1) is 15.5. The summed E-state index contributed by atoms with van der Waals surface area (Å²) >= 11 is 1.30. The number of nitrogens with zero attached hydrogens (tertiary/aromatic N) is 1. The zero-order valence-corrected chi connectivity index (χ0v) is 19.9. The van der Waals surface area contributed by atoms with E-state index in [-0.39, 0.29) is 30.2 Å². The normalized spacial score (nSPS) is 12.2. The Kier molecular flexibility index (Phi) is 7.69. The van der Waals surface area contributed by atoms with Gasteiger partial charge in [-0.2, -0.15) is 13.2 Å². The van der Waals surface area contributed by atoms with Crippen LogP contribution in [-0.2, 0) is 14.8 Å². The first-order valence-corrected chi connectivity index (χ1v) is 12.7. The van der Waals surface area contributed by atoms with E-state index in [1.807, 2.05) is 31.2 Å². The quantitative estimate of drug-likeness (QED) is 0.208. The highest BCUT2D eigenvalue weighted by molar-refractivity contribution is 7.93. The molecule has 0 radical (unpaired) electrons. The second-order valence-electron chi connectivity index (χ2n) is 7.46. The number of nitrogens with one attached hydrogen (secondary N) is 1. The van der Waals surface area contributed by atoms with Crippen molar-refractivity contribution in [3.8, 4) is 0 Å². The third-order valence-electron chi connectivity index (χ3n) is 5.11. The van der Waals surface area contributed by atoms with E-state index in [0.29, 0.717) is 17.2 Å². The lowest BCUT2D eigenvalue weighted by Crippen LogP contribution is -2.32.